The van der Waals surface area contributed by atoms with E-state index in [0.717, 1.165) is 43.3 Å². The Kier molecular flexibility index (Phi) is 4.76. The molecule has 1 aliphatic rings. The summed E-state index contributed by atoms with van der Waals surface area (Å²) in [6, 6.07) is 2.27. The predicted octanol–water partition coefficient (Wildman–Crippen LogP) is 2.36. The van der Waals surface area contributed by atoms with Crippen LogP contribution in [-0.2, 0) is 5.54 Å². The summed E-state index contributed by atoms with van der Waals surface area (Å²) in [5.41, 5.74) is 1.17. The lowest BCUT2D eigenvalue weighted by atomic mass is 10.1. The monoisotopic (exact) mass is 396 g/mol. The highest BCUT2D eigenvalue weighted by atomic mass is 16.1. The first-order valence-electron chi connectivity index (χ1n) is 10.0. The topological polar surface area (TPSA) is 105 Å². The number of anilines is 2. The Labute approximate surface area is 169 Å². The van der Waals surface area contributed by atoms with Gasteiger partial charge in [0.1, 0.15) is 17.0 Å². The average molecular weight is 396 g/mol. The molecule has 3 aromatic heterocycles. The van der Waals surface area contributed by atoms with E-state index in [0.29, 0.717) is 17.0 Å². The highest BCUT2D eigenvalue weighted by Crippen LogP contribution is 2.22. The molecule has 0 bridgehead atoms. The van der Waals surface area contributed by atoms with Gasteiger partial charge in [-0.3, -0.25) is 9.78 Å². The standard InChI is InChI=1S/C20H28N8O/c1-12-10-16(23-13(2)22-12)27-8-6-14(7-9-27)24-19-25-17-15(18(29)26-19)11-21-28(17)20(3,4)5/h10-11,14H,6-9H2,1-5H3,(H2,24,25,26,29). The molecule has 0 amide bonds. The van der Waals surface area contributed by atoms with Gasteiger partial charge in [0.2, 0.25) is 5.95 Å². The highest BCUT2D eigenvalue weighted by Gasteiger charge is 2.23. The summed E-state index contributed by atoms with van der Waals surface area (Å²) in [7, 11) is 0. The van der Waals surface area contributed by atoms with E-state index in [4.69, 9.17) is 0 Å². The van der Waals surface area contributed by atoms with Crippen molar-refractivity contribution in [2.45, 2.75) is 59.0 Å². The molecule has 0 unspecified atom stereocenters. The van der Waals surface area contributed by atoms with Gasteiger partial charge in [0.25, 0.3) is 5.56 Å². The van der Waals surface area contributed by atoms with E-state index in [2.05, 4.69) is 35.3 Å². The second-order valence-electron chi connectivity index (χ2n) is 8.70. The van der Waals surface area contributed by atoms with Gasteiger partial charge in [0, 0.05) is 30.9 Å². The first kappa shape index (κ1) is 19.4. The number of fused-ring (bicyclic) bond motifs is 1. The number of rotatable bonds is 3. The number of aromatic nitrogens is 6. The summed E-state index contributed by atoms with van der Waals surface area (Å²) >= 11 is 0. The Balaban J connectivity index is 1.49. The van der Waals surface area contributed by atoms with Crippen molar-refractivity contribution in [2.75, 3.05) is 23.3 Å². The summed E-state index contributed by atoms with van der Waals surface area (Å²) < 4.78 is 1.80. The van der Waals surface area contributed by atoms with Gasteiger partial charge in [0.15, 0.2) is 5.65 Å². The normalized spacial score (nSPS) is 15.8. The lowest BCUT2D eigenvalue weighted by Crippen LogP contribution is -2.40. The van der Waals surface area contributed by atoms with Crippen LogP contribution in [0.4, 0.5) is 11.8 Å². The minimum atomic E-state index is -0.251. The van der Waals surface area contributed by atoms with Crippen LogP contribution in [0.2, 0.25) is 0 Å². The smallest absolute Gasteiger partial charge is 0.263 e. The third kappa shape index (κ3) is 3.94. The molecule has 9 nitrogen and oxygen atoms in total. The number of hydrogen-bond donors (Lipinski definition) is 2. The third-order valence-electron chi connectivity index (χ3n) is 5.19. The maximum atomic E-state index is 12.5. The van der Waals surface area contributed by atoms with Crippen LogP contribution in [0.5, 0.6) is 0 Å². The Bertz CT molecular complexity index is 1070. The van der Waals surface area contributed by atoms with Crippen LogP contribution >= 0.6 is 0 Å². The van der Waals surface area contributed by atoms with Crippen molar-refractivity contribution >= 4 is 22.8 Å². The molecule has 1 saturated heterocycles. The van der Waals surface area contributed by atoms with Crippen molar-refractivity contribution in [1.29, 1.82) is 0 Å². The van der Waals surface area contributed by atoms with E-state index < -0.39 is 0 Å². The van der Waals surface area contributed by atoms with Crippen LogP contribution in [-0.4, -0.2) is 48.8 Å². The summed E-state index contributed by atoms with van der Waals surface area (Å²) in [6.45, 7) is 11.8. The van der Waals surface area contributed by atoms with Crippen LogP contribution < -0.4 is 15.8 Å². The van der Waals surface area contributed by atoms with E-state index in [1.807, 2.05) is 40.7 Å². The lowest BCUT2D eigenvalue weighted by molar-refractivity contribution is 0.366. The fraction of sp³-hybridized carbons (Fsp3) is 0.550. The number of nitrogens with zero attached hydrogens (tertiary/aromatic N) is 6. The molecule has 4 heterocycles. The van der Waals surface area contributed by atoms with Crippen molar-refractivity contribution in [2.24, 2.45) is 0 Å². The Morgan fingerprint density at radius 1 is 1.14 bits per heavy atom. The van der Waals surface area contributed by atoms with Gasteiger partial charge in [0.05, 0.1) is 11.7 Å². The molecule has 1 fully saturated rings. The lowest BCUT2D eigenvalue weighted by Gasteiger charge is -2.33. The average Bonchev–Trinajstić information content (AvgIpc) is 3.06. The van der Waals surface area contributed by atoms with E-state index in [1.165, 1.54) is 0 Å². The maximum Gasteiger partial charge on any atom is 0.263 e. The predicted molar refractivity (Wildman–Crippen MR) is 114 cm³/mol. The van der Waals surface area contributed by atoms with E-state index >= 15 is 0 Å². The van der Waals surface area contributed by atoms with Crippen LogP contribution in [0.15, 0.2) is 17.1 Å². The van der Waals surface area contributed by atoms with Crippen molar-refractivity contribution < 1.29 is 0 Å². The number of hydrogen-bond acceptors (Lipinski definition) is 7. The van der Waals surface area contributed by atoms with Gasteiger partial charge in [-0.1, -0.05) is 0 Å². The first-order valence-corrected chi connectivity index (χ1v) is 10.0. The largest absolute Gasteiger partial charge is 0.356 e. The highest BCUT2D eigenvalue weighted by molar-refractivity contribution is 5.74. The second-order valence-corrected chi connectivity index (χ2v) is 8.70. The molecule has 2 N–H and O–H groups in total. The van der Waals surface area contributed by atoms with E-state index in [9.17, 15) is 4.79 Å². The molecule has 3 aromatic rings. The molecule has 1 aliphatic heterocycles. The van der Waals surface area contributed by atoms with Crippen LogP contribution in [0, 0.1) is 13.8 Å². The number of aromatic amines is 1. The van der Waals surface area contributed by atoms with Crippen molar-refractivity contribution in [3.63, 3.8) is 0 Å². The molecular formula is C20H28N8O. The van der Waals surface area contributed by atoms with E-state index in [1.54, 1.807) is 10.9 Å². The number of H-pyrrole nitrogens is 1. The first-order chi connectivity index (χ1) is 13.7. The van der Waals surface area contributed by atoms with Gasteiger partial charge in [-0.2, -0.15) is 10.1 Å². The zero-order valence-corrected chi connectivity index (χ0v) is 17.7. The molecule has 0 radical (unpaired) electrons. The Morgan fingerprint density at radius 3 is 2.52 bits per heavy atom. The number of aryl methyl sites for hydroxylation is 2. The fourth-order valence-electron chi connectivity index (χ4n) is 3.78. The summed E-state index contributed by atoms with van der Waals surface area (Å²) in [5.74, 6) is 2.28. The van der Waals surface area contributed by atoms with Gasteiger partial charge in [-0.15, -0.1) is 0 Å². The molecule has 0 aliphatic carbocycles. The zero-order chi connectivity index (χ0) is 20.8. The van der Waals surface area contributed by atoms with Gasteiger partial charge in [-0.05, 0) is 47.5 Å². The minimum absolute atomic E-state index is 0.169. The third-order valence-corrected chi connectivity index (χ3v) is 5.19. The van der Waals surface area contributed by atoms with Crippen molar-refractivity contribution in [3.8, 4) is 0 Å². The Hall–Kier alpha value is -2.97. The zero-order valence-electron chi connectivity index (χ0n) is 17.7. The van der Waals surface area contributed by atoms with E-state index in [-0.39, 0.29) is 17.1 Å². The molecule has 9 heteroatoms. The number of nitrogens with one attached hydrogen (secondary N) is 2. The minimum Gasteiger partial charge on any atom is -0.356 e. The number of piperidine rings is 1. The summed E-state index contributed by atoms with van der Waals surface area (Å²) in [5, 5.41) is 8.28. The Morgan fingerprint density at radius 2 is 1.86 bits per heavy atom. The maximum absolute atomic E-state index is 12.5. The van der Waals surface area contributed by atoms with Crippen LogP contribution in [0.25, 0.3) is 11.0 Å². The molecule has 154 valence electrons. The van der Waals surface area contributed by atoms with Crippen LogP contribution in [0.3, 0.4) is 0 Å². The molecule has 4 rings (SSSR count). The van der Waals surface area contributed by atoms with Gasteiger partial charge in [-0.25, -0.2) is 14.6 Å². The second kappa shape index (κ2) is 7.13. The summed E-state index contributed by atoms with van der Waals surface area (Å²) in [4.78, 5) is 31.2. The molecule has 0 aromatic carbocycles. The van der Waals surface area contributed by atoms with Crippen LogP contribution in [0.1, 0.15) is 45.1 Å². The molecule has 29 heavy (non-hydrogen) atoms. The molecular weight excluding hydrogens is 368 g/mol. The SMILES string of the molecule is Cc1cc(N2CCC(Nc3nc4c(cnn4C(C)(C)C)c(=O)[nH]3)CC2)nc(C)n1. The van der Waals surface area contributed by atoms with Crippen molar-refractivity contribution in [1.82, 2.24) is 29.7 Å². The van der Waals surface area contributed by atoms with Crippen molar-refractivity contribution in [3.05, 3.63) is 34.1 Å². The molecule has 0 atom stereocenters. The fourth-order valence-corrected chi connectivity index (χ4v) is 3.78. The molecule has 0 saturated carbocycles. The molecule has 0 spiro atoms. The quantitative estimate of drug-likeness (QED) is 0.700. The van der Waals surface area contributed by atoms with Gasteiger partial charge >= 0.3 is 0 Å². The summed E-state index contributed by atoms with van der Waals surface area (Å²) in [6.07, 6.45) is 3.45. The van der Waals surface area contributed by atoms with Gasteiger partial charge < -0.3 is 10.2 Å².